The zero-order chi connectivity index (χ0) is 23.7. The summed E-state index contributed by atoms with van der Waals surface area (Å²) in [5, 5.41) is 3.81. The van der Waals surface area contributed by atoms with E-state index in [4.69, 9.17) is 14.2 Å². The van der Waals surface area contributed by atoms with E-state index in [-0.39, 0.29) is 6.04 Å². The Morgan fingerprint density at radius 2 is 1.65 bits per heavy atom. The van der Waals surface area contributed by atoms with Crippen LogP contribution in [0.15, 0.2) is 71.7 Å². The highest BCUT2D eigenvalue weighted by atomic mass is 16.5. The number of anilines is 1. The third-order valence-electron chi connectivity index (χ3n) is 6.82. The average molecular weight is 455 g/mol. The molecule has 5 heteroatoms. The molecule has 0 saturated carbocycles. The van der Waals surface area contributed by atoms with Crippen LogP contribution in [0.25, 0.3) is 0 Å². The van der Waals surface area contributed by atoms with Gasteiger partial charge >= 0.3 is 0 Å². The Kier molecular flexibility index (Phi) is 6.01. The van der Waals surface area contributed by atoms with Gasteiger partial charge in [0.2, 0.25) is 5.75 Å². The molecule has 0 fully saturated rings. The van der Waals surface area contributed by atoms with Gasteiger partial charge in [-0.2, -0.15) is 0 Å². The molecule has 0 unspecified atom stereocenters. The van der Waals surface area contributed by atoms with Gasteiger partial charge in [-0.3, -0.25) is 4.99 Å². The second kappa shape index (κ2) is 9.26. The molecule has 0 amide bonds. The van der Waals surface area contributed by atoms with Crippen molar-refractivity contribution in [3.05, 3.63) is 89.0 Å². The zero-order valence-corrected chi connectivity index (χ0v) is 20.0. The lowest BCUT2D eigenvalue weighted by Gasteiger charge is -2.37. The predicted octanol–water partition coefficient (Wildman–Crippen LogP) is 6.60. The third kappa shape index (κ3) is 4.03. The van der Waals surface area contributed by atoms with Crippen LogP contribution in [0.4, 0.5) is 11.4 Å². The van der Waals surface area contributed by atoms with Crippen LogP contribution in [0.2, 0.25) is 0 Å². The van der Waals surface area contributed by atoms with Crippen LogP contribution < -0.4 is 19.5 Å². The largest absolute Gasteiger partial charge is 0.493 e. The van der Waals surface area contributed by atoms with Crippen molar-refractivity contribution in [1.29, 1.82) is 0 Å². The summed E-state index contributed by atoms with van der Waals surface area (Å²) in [7, 11) is 4.82. The predicted molar refractivity (Wildman–Crippen MR) is 137 cm³/mol. The summed E-state index contributed by atoms with van der Waals surface area (Å²) in [5.41, 5.74) is 7.03. The molecule has 1 aliphatic heterocycles. The van der Waals surface area contributed by atoms with E-state index >= 15 is 0 Å². The number of rotatable bonds is 6. The first kappa shape index (κ1) is 22.1. The fourth-order valence-electron chi connectivity index (χ4n) is 5.14. The summed E-state index contributed by atoms with van der Waals surface area (Å²) in [4.78, 5) is 4.67. The van der Waals surface area contributed by atoms with Crippen LogP contribution in [0.3, 0.4) is 0 Å². The maximum Gasteiger partial charge on any atom is 0.203 e. The SMILES string of the molecule is COc1cc(C=Nc2ccc([C@@H]3Nc4ccc(C)cc4[C@@H]4C=CC[C@H]43)cc2)cc(OC)c1OC. The second-order valence-electron chi connectivity index (χ2n) is 8.87. The van der Waals surface area contributed by atoms with E-state index in [1.54, 1.807) is 21.3 Å². The lowest BCUT2D eigenvalue weighted by molar-refractivity contribution is 0.324. The van der Waals surface area contributed by atoms with Crippen LogP contribution in [-0.2, 0) is 0 Å². The van der Waals surface area contributed by atoms with E-state index < -0.39 is 0 Å². The van der Waals surface area contributed by atoms with Crippen LogP contribution in [0.1, 0.15) is 40.6 Å². The summed E-state index contributed by atoms with van der Waals surface area (Å²) in [6, 6.07) is 19.3. The summed E-state index contributed by atoms with van der Waals surface area (Å²) in [6.07, 6.45) is 7.62. The highest BCUT2D eigenvalue weighted by Crippen LogP contribution is 2.50. The van der Waals surface area contributed by atoms with Gasteiger partial charge in [0.05, 0.1) is 33.1 Å². The number of hydrogen-bond donors (Lipinski definition) is 1. The fraction of sp³-hybridized carbons (Fsp3) is 0.276. The number of allylic oxidation sites excluding steroid dienone is 2. The molecule has 0 saturated heterocycles. The lowest BCUT2D eigenvalue weighted by Crippen LogP contribution is -2.29. The molecule has 2 aliphatic rings. The van der Waals surface area contributed by atoms with E-state index in [0.29, 0.717) is 29.1 Å². The molecular formula is C29H30N2O3. The van der Waals surface area contributed by atoms with Gasteiger partial charge in [-0.15, -0.1) is 0 Å². The molecule has 5 nitrogen and oxygen atoms in total. The highest BCUT2D eigenvalue weighted by Gasteiger charge is 2.37. The zero-order valence-electron chi connectivity index (χ0n) is 20.0. The maximum atomic E-state index is 5.44. The molecule has 0 bridgehead atoms. The molecule has 174 valence electrons. The number of aliphatic imine (C=N–C) groups is 1. The van der Waals surface area contributed by atoms with Crippen molar-refractivity contribution in [1.82, 2.24) is 0 Å². The Morgan fingerprint density at radius 3 is 2.32 bits per heavy atom. The number of ether oxygens (including phenoxy) is 3. The lowest BCUT2D eigenvalue weighted by atomic mass is 9.76. The van der Waals surface area contributed by atoms with Crippen LogP contribution in [-0.4, -0.2) is 27.5 Å². The monoisotopic (exact) mass is 454 g/mol. The van der Waals surface area contributed by atoms with E-state index in [9.17, 15) is 0 Å². The molecule has 1 aliphatic carbocycles. The smallest absolute Gasteiger partial charge is 0.203 e. The second-order valence-corrected chi connectivity index (χ2v) is 8.87. The van der Waals surface area contributed by atoms with Crippen molar-refractivity contribution >= 4 is 17.6 Å². The minimum absolute atomic E-state index is 0.281. The van der Waals surface area contributed by atoms with Gasteiger partial charge in [0.15, 0.2) is 11.5 Å². The van der Waals surface area contributed by atoms with Crippen molar-refractivity contribution < 1.29 is 14.2 Å². The fourth-order valence-corrected chi connectivity index (χ4v) is 5.14. The van der Waals surface area contributed by atoms with E-state index in [1.165, 1.54) is 22.4 Å². The highest BCUT2D eigenvalue weighted by molar-refractivity contribution is 5.84. The van der Waals surface area contributed by atoms with Gasteiger partial charge in [0.1, 0.15) is 0 Å². The van der Waals surface area contributed by atoms with E-state index in [1.807, 2.05) is 18.3 Å². The summed E-state index contributed by atoms with van der Waals surface area (Å²) < 4.78 is 16.3. The molecule has 1 heterocycles. The standard InChI is InChI=1S/C29H30N2O3/c1-18-8-13-25-24(14-18)22-6-5-7-23(22)28(31-25)20-9-11-21(12-10-20)30-17-19-15-26(32-2)29(34-4)27(16-19)33-3/h5-6,8-17,22-23,28,31H,7H2,1-4H3/t22-,23-,28+/m1/s1. The van der Waals surface area contributed by atoms with Crippen LogP contribution >= 0.6 is 0 Å². The van der Waals surface area contributed by atoms with Gasteiger partial charge in [-0.1, -0.05) is 42.0 Å². The van der Waals surface area contributed by atoms with Gasteiger partial charge in [0.25, 0.3) is 0 Å². The Morgan fingerprint density at radius 1 is 0.912 bits per heavy atom. The first-order chi connectivity index (χ1) is 16.6. The Balaban J connectivity index is 1.37. The number of fused-ring (bicyclic) bond motifs is 3. The van der Waals surface area contributed by atoms with Gasteiger partial charge < -0.3 is 19.5 Å². The van der Waals surface area contributed by atoms with Crippen LogP contribution in [0, 0.1) is 12.8 Å². The maximum absolute atomic E-state index is 5.44. The van der Waals surface area contributed by atoms with Crippen LogP contribution in [0.5, 0.6) is 17.2 Å². The number of aryl methyl sites for hydroxylation is 1. The molecule has 3 aromatic rings. The molecule has 1 N–H and O–H groups in total. The molecule has 0 radical (unpaired) electrons. The molecule has 0 spiro atoms. The normalized spacial score (nSPS) is 20.5. The third-order valence-corrected chi connectivity index (χ3v) is 6.82. The van der Waals surface area contributed by atoms with Crippen molar-refractivity contribution in [2.24, 2.45) is 10.9 Å². The Labute approximate surface area is 201 Å². The van der Waals surface area contributed by atoms with E-state index in [0.717, 1.165) is 17.7 Å². The molecule has 5 rings (SSSR count). The number of methoxy groups -OCH3 is 3. The summed E-state index contributed by atoms with van der Waals surface area (Å²) in [6.45, 7) is 2.16. The first-order valence-corrected chi connectivity index (χ1v) is 11.6. The molecule has 34 heavy (non-hydrogen) atoms. The summed E-state index contributed by atoms with van der Waals surface area (Å²) >= 11 is 0. The number of nitrogens with one attached hydrogen (secondary N) is 1. The quantitative estimate of drug-likeness (QED) is 0.337. The topological polar surface area (TPSA) is 52.1 Å². The van der Waals surface area contributed by atoms with Crippen molar-refractivity contribution in [3.63, 3.8) is 0 Å². The first-order valence-electron chi connectivity index (χ1n) is 11.6. The van der Waals surface area contributed by atoms with Crippen molar-refractivity contribution in [2.75, 3.05) is 26.6 Å². The minimum Gasteiger partial charge on any atom is -0.493 e. The molecule has 0 aromatic heterocycles. The van der Waals surface area contributed by atoms with Crippen molar-refractivity contribution in [2.45, 2.75) is 25.3 Å². The average Bonchev–Trinajstić information content (AvgIpc) is 3.37. The molecule has 3 aromatic carbocycles. The van der Waals surface area contributed by atoms with Crippen molar-refractivity contribution in [3.8, 4) is 17.2 Å². The number of nitrogens with zero attached hydrogens (tertiary/aromatic N) is 1. The van der Waals surface area contributed by atoms with E-state index in [2.05, 4.69) is 71.8 Å². The molecular weight excluding hydrogens is 424 g/mol. The molecule has 3 atom stereocenters. The summed E-state index contributed by atoms with van der Waals surface area (Å²) in [5.74, 6) is 2.79. The van der Waals surface area contributed by atoms with Gasteiger partial charge in [-0.05, 0) is 60.7 Å². The number of hydrogen-bond acceptors (Lipinski definition) is 5. The number of benzene rings is 3. The Bertz CT molecular complexity index is 1220. The minimum atomic E-state index is 0.281. The van der Waals surface area contributed by atoms with Gasteiger partial charge in [0, 0.05) is 23.4 Å². The van der Waals surface area contributed by atoms with Gasteiger partial charge in [-0.25, -0.2) is 0 Å². The Hall–Kier alpha value is -3.73.